The van der Waals surface area contributed by atoms with Crippen molar-refractivity contribution in [3.05, 3.63) is 45.6 Å². The molecule has 0 fully saturated rings. The largest absolute Gasteiger partial charge is 0.426 e. The van der Waals surface area contributed by atoms with Crippen molar-refractivity contribution < 1.29 is 27.9 Å². The lowest BCUT2D eigenvalue weighted by Gasteiger charge is -2.25. The summed E-state index contributed by atoms with van der Waals surface area (Å²) >= 11 is 2.61. The number of ketones is 1. The summed E-state index contributed by atoms with van der Waals surface area (Å²) in [6, 6.07) is 6.38. The molecule has 1 aliphatic heterocycles. The molecule has 0 saturated heterocycles. The van der Waals surface area contributed by atoms with E-state index in [-0.39, 0.29) is 17.0 Å². The van der Waals surface area contributed by atoms with E-state index < -0.39 is 17.7 Å². The fourth-order valence-electron chi connectivity index (χ4n) is 2.28. The molecule has 3 rings (SSSR count). The molecule has 1 amide bonds. The predicted octanol–water partition coefficient (Wildman–Crippen LogP) is 3.84. The summed E-state index contributed by atoms with van der Waals surface area (Å²) in [5.74, 6) is -1.44. The van der Waals surface area contributed by atoms with Crippen molar-refractivity contribution in [2.75, 3.05) is 5.32 Å². The van der Waals surface area contributed by atoms with E-state index in [1.807, 2.05) is 6.07 Å². The third-order valence-electron chi connectivity index (χ3n) is 3.83. The third kappa shape index (κ3) is 3.07. The summed E-state index contributed by atoms with van der Waals surface area (Å²) < 4.78 is 38.5. The number of aliphatic hydroxyl groups is 1. The molecule has 132 valence electrons. The molecule has 9 heteroatoms. The number of hydrogen-bond acceptors (Lipinski definition) is 5. The maximum Gasteiger partial charge on any atom is 0.426 e. The standard InChI is InChI=1S/C16H12F3NO3S2/c1-15(23,16(17,18)19)14(22)20-9-3-2-4-10-11(9)12(21)13-8(7-25-10)5-6-24-13/h2-6,23H,7H2,1H3,(H,20,22)/t15-/m0/s1. The molecular weight excluding hydrogens is 375 g/mol. The minimum Gasteiger partial charge on any atom is -0.373 e. The molecule has 1 atom stereocenters. The zero-order valence-electron chi connectivity index (χ0n) is 12.8. The fraction of sp³-hybridized carbons (Fsp3) is 0.250. The van der Waals surface area contributed by atoms with Crippen LogP contribution in [0, 0.1) is 0 Å². The number of carbonyl (C=O) groups excluding carboxylic acids is 2. The van der Waals surface area contributed by atoms with Crippen LogP contribution in [0.2, 0.25) is 0 Å². The maximum absolute atomic E-state index is 12.8. The second-order valence-corrected chi connectivity index (χ2v) is 7.53. The lowest BCUT2D eigenvalue weighted by Crippen LogP contribution is -2.52. The molecular formula is C16H12F3NO3S2. The Morgan fingerprint density at radius 1 is 1.28 bits per heavy atom. The highest BCUT2D eigenvalue weighted by Gasteiger charge is 2.56. The number of thioether (sulfide) groups is 1. The summed E-state index contributed by atoms with van der Waals surface area (Å²) in [6.07, 6.45) is -5.14. The molecule has 0 saturated carbocycles. The molecule has 2 N–H and O–H groups in total. The first kappa shape index (κ1) is 18.0. The monoisotopic (exact) mass is 387 g/mol. The molecule has 25 heavy (non-hydrogen) atoms. The molecule has 2 aromatic rings. The lowest BCUT2D eigenvalue weighted by molar-refractivity contribution is -0.242. The smallest absolute Gasteiger partial charge is 0.373 e. The van der Waals surface area contributed by atoms with Crippen molar-refractivity contribution in [1.29, 1.82) is 0 Å². The molecule has 2 heterocycles. The van der Waals surface area contributed by atoms with Gasteiger partial charge in [0.15, 0.2) is 0 Å². The van der Waals surface area contributed by atoms with Gasteiger partial charge < -0.3 is 10.4 Å². The highest BCUT2D eigenvalue weighted by molar-refractivity contribution is 7.98. The molecule has 0 unspecified atom stereocenters. The SMILES string of the molecule is C[C@](O)(C(=O)Nc1cccc2c1C(=O)c1sccc1CS2)C(F)(F)F. The number of nitrogens with one attached hydrogen (secondary N) is 1. The zero-order chi connectivity index (χ0) is 18.4. The number of amides is 1. The van der Waals surface area contributed by atoms with Gasteiger partial charge in [0, 0.05) is 10.6 Å². The minimum atomic E-state index is -5.14. The van der Waals surface area contributed by atoms with Crippen LogP contribution in [-0.2, 0) is 10.5 Å². The van der Waals surface area contributed by atoms with Crippen LogP contribution in [0.4, 0.5) is 18.9 Å². The van der Waals surface area contributed by atoms with Gasteiger partial charge in [0.1, 0.15) is 0 Å². The van der Waals surface area contributed by atoms with Crippen LogP contribution in [0.5, 0.6) is 0 Å². The predicted molar refractivity (Wildman–Crippen MR) is 89.1 cm³/mol. The van der Waals surface area contributed by atoms with Gasteiger partial charge in [-0.25, -0.2) is 0 Å². The first-order chi connectivity index (χ1) is 11.6. The van der Waals surface area contributed by atoms with Gasteiger partial charge >= 0.3 is 6.18 Å². The minimum absolute atomic E-state index is 0.0502. The second-order valence-electron chi connectivity index (χ2n) is 5.60. The Kier molecular flexibility index (Phi) is 4.42. The number of rotatable bonds is 2. The van der Waals surface area contributed by atoms with Crippen LogP contribution >= 0.6 is 23.1 Å². The van der Waals surface area contributed by atoms with Gasteiger partial charge in [-0.15, -0.1) is 23.1 Å². The summed E-state index contributed by atoms with van der Waals surface area (Å²) in [6.45, 7) is 0.373. The van der Waals surface area contributed by atoms with Crippen LogP contribution in [-0.4, -0.2) is 28.6 Å². The highest BCUT2D eigenvalue weighted by atomic mass is 32.2. The Balaban J connectivity index is 2.01. The molecule has 1 aromatic heterocycles. The number of hydrogen-bond donors (Lipinski definition) is 2. The topological polar surface area (TPSA) is 66.4 Å². The molecule has 1 aliphatic rings. The van der Waals surface area contributed by atoms with Crippen molar-refractivity contribution in [3.8, 4) is 0 Å². The Morgan fingerprint density at radius 3 is 2.68 bits per heavy atom. The zero-order valence-corrected chi connectivity index (χ0v) is 14.4. The summed E-state index contributed by atoms with van der Waals surface area (Å²) in [4.78, 5) is 25.8. The first-order valence-electron chi connectivity index (χ1n) is 7.10. The van der Waals surface area contributed by atoms with E-state index in [9.17, 15) is 27.9 Å². The van der Waals surface area contributed by atoms with E-state index in [1.165, 1.54) is 35.2 Å². The van der Waals surface area contributed by atoms with Crippen molar-refractivity contribution in [2.45, 2.75) is 29.3 Å². The van der Waals surface area contributed by atoms with Crippen molar-refractivity contribution in [2.24, 2.45) is 0 Å². The second kappa shape index (κ2) is 6.15. The van der Waals surface area contributed by atoms with E-state index in [0.29, 0.717) is 22.4 Å². The Hall–Kier alpha value is -1.84. The number of carbonyl (C=O) groups is 2. The first-order valence-corrected chi connectivity index (χ1v) is 8.97. The highest BCUT2D eigenvalue weighted by Crippen LogP contribution is 2.39. The number of alkyl halides is 3. The summed E-state index contributed by atoms with van der Waals surface area (Å²) in [5, 5.41) is 13.3. The fourth-order valence-corrected chi connectivity index (χ4v) is 4.31. The van der Waals surface area contributed by atoms with Crippen LogP contribution in [0.1, 0.15) is 27.7 Å². The van der Waals surface area contributed by atoms with E-state index >= 15 is 0 Å². The van der Waals surface area contributed by atoms with Gasteiger partial charge in [-0.1, -0.05) is 6.07 Å². The molecule has 4 nitrogen and oxygen atoms in total. The quantitative estimate of drug-likeness (QED) is 0.822. The number of fused-ring (bicyclic) bond motifs is 2. The normalized spacial score (nSPS) is 16.4. The molecule has 0 spiro atoms. The van der Waals surface area contributed by atoms with Crippen LogP contribution in [0.15, 0.2) is 34.5 Å². The third-order valence-corrected chi connectivity index (χ3v) is 5.89. The van der Waals surface area contributed by atoms with Gasteiger partial charge in [0.05, 0.1) is 16.1 Å². The van der Waals surface area contributed by atoms with Crippen LogP contribution < -0.4 is 5.32 Å². The van der Waals surface area contributed by atoms with Gasteiger partial charge in [-0.3, -0.25) is 9.59 Å². The Morgan fingerprint density at radius 2 is 2.00 bits per heavy atom. The average Bonchev–Trinajstić information content (AvgIpc) is 2.95. The van der Waals surface area contributed by atoms with E-state index in [1.54, 1.807) is 11.4 Å². The number of benzene rings is 1. The number of anilines is 1. The number of thiophene rings is 1. The maximum atomic E-state index is 12.8. The van der Waals surface area contributed by atoms with Crippen molar-refractivity contribution in [3.63, 3.8) is 0 Å². The van der Waals surface area contributed by atoms with Gasteiger partial charge in [-0.2, -0.15) is 13.2 Å². The summed E-state index contributed by atoms with van der Waals surface area (Å²) in [7, 11) is 0. The van der Waals surface area contributed by atoms with Crippen molar-refractivity contribution >= 4 is 40.5 Å². The Bertz CT molecular complexity index is 859. The average molecular weight is 387 g/mol. The molecule has 0 aliphatic carbocycles. The molecule has 0 radical (unpaired) electrons. The Labute approximate surface area is 149 Å². The van der Waals surface area contributed by atoms with Crippen molar-refractivity contribution in [1.82, 2.24) is 0 Å². The molecule has 0 bridgehead atoms. The molecule has 1 aromatic carbocycles. The van der Waals surface area contributed by atoms with Gasteiger partial charge in [-0.05, 0) is 36.1 Å². The van der Waals surface area contributed by atoms with Gasteiger partial charge in [0.25, 0.3) is 5.91 Å². The van der Waals surface area contributed by atoms with Crippen LogP contribution in [0.25, 0.3) is 0 Å². The van der Waals surface area contributed by atoms with E-state index in [0.717, 1.165) is 5.56 Å². The number of halogens is 3. The van der Waals surface area contributed by atoms with E-state index in [4.69, 9.17) is 0 Å². The van der Waals surface area contributed by atoms with E-state index in [2.05, 4.69) is 5.32 Å². The lowest BCUT2D eigenvalue weighted by atomic mass is 10.0. The van der Waals surface area contributed by atoms with Gasteiger partial charge in [0.2, 0.25) is 11.4 Å². The van der Waals surface area contributed by atoms with Crippen LogP contribution in [0.3, 0.4) is 0 Å². The summed E-state index contributed by atoms with van der Waals surface area (Å²) in [5.41, 5.74) is -2.63.